The van der Waals surface area contributed by atoms with Crippen LogP contribution < -0.4 is 0 Å². The fraction of sp³-hybridized carbons (Fsp3) is 0.714. The molecule has 0 spiro atoms. The van der Waals surface area contributed by atoms with Crippen LogP contribution in [-0.2, 0) is 4.79 Å². The van der Waals surface area contributed by atoms with Gasteiger partial charge in [-0.2, -0.15) is 0 Å². The summed E-state index contributed by atoms with van der Waals surface area (Å²) in [5.41, 5.74) is 0.871. The lowest BCUT2D eigenvalue weighted by Crippen LogP contribution is -2.28. The van der Waals surface area contributed by atoms with E-state index in [0.29, 0.717) is 5.89 Å². The molecular formula is C14H30N2O2. The van der Waals surface area contributed by atoms with Crippen molar-refractivity contribution in [3.05, 3.63) is 17.8 Å². The minimum Gasteiger partial charge on any atom is -0.446 e. The molecule has 4 heteroatoms. The number of aryl methyl sites for hydroxylation is 1. The first-order valence-corrected chi connectivity index (χ1v) is 4.87. The Labute approximate surface area is 112 Å². The van der Waals surface area contributed by atoms with Gasteiger partial charge in [0.25, 0.3) is 0 Å². The molecule has 0 bridgehead atoms. The highest BCUT2D eigenvalue weighted by atomic mass is 16.3. The largest absolute Gasteiger partial charge is 0.446 e. The predicted molar refractivity (Wildman–Crippen MR) is 77.5 cm³/mol. The van der Waals surface area contributed by atoms with Crippen molar-refractivity contribution in [2.75, 3.05) is 6.54 Å². The van der Waals surface area contributed by atoms with Gasteiger partial charge in [-0.05, 0) is 19.8 Å². The Morgan fingerprint density at radius 2 is 2.00 bits per heavy atom. The number of hydrogen-bond donors (Lipinski definition) is 0. The molecule has 18 heavy (non-hydrogen) atoms. The molecule has 1 amide bonds. The van der Waals surface area contributed by atoms with Gasteiger partial charge in [-0.15, -0.1) is 0 Å². The Bertz CT molecular complexity index is 347. The van der Waals surface area contributed by atoms with Crippen molar-refractivity contribution in [2.24, 2.45) is 0 Å². The smallest absolute Gasteiger partial charge is 0.220 e. The molecule has 2 heterocycles. The van der Waals surface area contributed by atoms with Gasteiger partial charge in [0, 0.05) is 13.5 Å². The number of rotatable bonds is 1. The summed E-state index contributed by atoms with van der Waals surface area (Å²) in [6.07, 6.45) is 3.62. The van der Waals surface area contributed by atoms with Crippen LogP contribution >= 0.6 is 0 Å². The van der Waals surface area contributed by atoms with E-state index in [2.05, 4.69) is 4.98 Å². The number of carbonyl (C=O) groups excluding carboxylic acids is 1. The number of hydrogen-bond acceptors (Lipinski definition) is 3. The van der Waals surface area contributed by atoms with Crippen molar-refractivity contribution in [1.82, 2.24) is 9.88 Å². The van der Waals surface area contributed by atoms with Gasteiger partial charge in [-0.25, -0.2) is 4.98 Å². The Balaban J connectivity index is -0.000000562. The van der Waals surface area contributed by atoms with Crippen LogP contribution in [0.25, 0.3) is 0 Å². The third kappa shape index (κ3) is 4.17. The number of aromatic nitrogens is 1. The van der Waals surface area contributed by atoms with E-state index < -0.39 is 0 Å². The SMILES string of the molecule is C.C.C.C.CC(=O)N1CCC[C@H]1c1nc(C)co1. The van der Waals surface area contributed by atoms with Crippen LogP contribution in [0, 0.1) is 6.92 Å². The van der Waals surface area contributed by atoms with Crippen LogP contribution in [-0.4, -0.2) is 22.3 Å². The molecule has 0 radical (unpaired) electrons. The van der Waals surface area contributed by atoms with E-state index >= 15 is 0 Å². The maximum Gasteiger partial charge on any atom is 0.220 e. The Hall–Kier alpha value is -1.32. The highest BCUT2D eigenvalue weighted by molar-refractivity contribution is 5.73. The van der Waals surface area contributed by atoms with Crippen molar-refractivity contribution in [1.29, 1.82) is 0 Å². The number of likely N-dealkylation sites (tertiary alicyclic amines) is 1. The molecule has 0 aromatic carbocycles. The van der Waals surface area contributed by atoms with Gasteiger partial charge < -0.3 is 9.32 Å². The topological polar surface area (TPSA) is 46.3 Å². The summed E-state index contributed by atoms with van der Waals surface area (Å²) in [5, 5.41) is 0. The maximum atomic E-state index is 11.3. The first-order valence-electron chi connectivity index (χ1n) is 4.87. The van der Waals surface area contributed by atoms with Gasteiger partial charge in [-0.3, -0.25) is 4.79 Å². The molecular weight excluding hydrogens is 228 g/mol. The van der Waals surface area contributed by atoms with Crippen LogP contribution in [0.2, 0.25) is 0 Å². The first kappa shape index (κ1) is 21.9. The molecule has 1 aromatic heterocycles. The number of oxazole rings is 1. The monoisotopic (exact) mass is 258 g/mol. The molecule has 1 saturated heterocycles. The standard InChI is InChI=1S/C10H14N2O2.4CH4/c1-7-6-14-10(11-7)9-4-3-5-12(9)8(2)13;;;;/h6,9H,3-5H2,1-2H3;4*1H4/t9-;;;;/m0..../s1. The minimum atomic E-state index is 0. The first-order chi connectivity index (χ1) is 6.68. The predicted octanol–water partition coefficient (Wildman–Crippen LogP) is 4.21. The highest BCUT2D eigenvalue weighted by Gasteiger charge is 2.31. The molecule has 1 atom stereocenters. The molecule has 1 fully saturated rings. The minimum absolute atomic E-state index is 0. The van der Waals surface area contributed by atoms with Crippen molar-refractivity contribution in [3.8, 4) is 0 Å². The second-order valence-corrected chi connectivity index (χ2v) is 3.70. The zero-order valence-electron chi connectivity index (χ0n) is 8.49. The molecule has 108 valence electrons. The zero-order valence-corrected chi connectivity index (χ0v) is 8.49. The fourth-order valence-corrected chi connectivity index (χ4v) is 1.93. The van der Waals surface area contributed by atoms with Gasteiger partial charge in [0.2, 0.25) is 11.8 Å². The van der Waals surface area contributed by atoms with Crippen molar-refractivity contribution >= 4 is 5.91 Å². The molecule has 4 nitrogen and oxygen atoms in total. The number of amides is 1. The zero-order chi connectivity index (χ0) is 10.1. The lowest BCUT2D eigenvalue weighted by Gasteiger charge is -2.19. The molecule has 0 saturated carbocycles. The van der Waals surface area contributed by atoms with Crippen molar-refractivity contribution < 1.29 is 9.21 Å². The fourth-order valence-electron chi connectivity index (χ4n) is 1.93. The van der Waals surface area contributed by atoms with E-state index in [-0.39, 0.29) is 41.7 Å². The van der Waals surface area contributed by atoms with E-state index in [9.17, 15) is 4.79 Å². The van der Waals surface area contributed by atoms with E-state index in [0.717, 1.165) is 25.1 Å². The van der Waals surface area contributed by atoms with Gasteiger partial charge >= 0.3 is 0 Å². The van der Waals surface area contributed by atoms with Gasteiger partial charge in [0.15, 0.2) is 0 Å². The summed E-state index contributed by atoms with van der Waals surface area (Å²) in [6, 6.07) is 0.0567. The van der Waals surface area contributed by atoms with Crippen LogP contribution in [0.3, 0.4) is 0 Å². The summed E-state index contributed by atoms with van der Waals surface area (Å²) in [4.78, 5) is 17.4. The summed E-state index contributed by atoms with van der Waals surface area (Å²) in [6.45, 7) is 4.30. The number of nitrogens with zero attached hydrogens (tertiary/aromatic N) is 2. The number of carbonyl (C=O) groups is 1. The van der Waals surface area contributed by atoms with Crippen LogP contribution in [0.15, 0.2) is 10.7 Å². The molecule has 2 rings (SSSR count). The van der Waals surface area contributed by atoms with Gasteiger partial charge in [0.1, 0.15) is 12.3 Å². The average Bonchev–Trinajstić information content (AvgIpc) is 2.70. The lowest BCUT2D eigenvalue weighted by molar-refractivity contribution is -0.130. The van der Waals surface area contributed by atoms with Crippen LogP contribution in [0.1, 0.15) is 67.1 Å². The quantitative estimate of drug-likeness (QED) is 0.758. The Kier molecular flexibility index (Phi) is 10.6. The summed E-state index contributed by atoms with van der Waals surface area (Å²) < 4.78 is 5.32. The molecule has 0 N–H and O–H groups in total. The van der Waals surface area contributed by atoms with Gasteiger partial charge in [-0.1, -0.05) is 29.7 Å². The average molecular weight is 258 g/mol. The van der Waals surface area contributed by atoms with Crippen LogP contribution in [0.4, 0.5) is 0 Å². The van der Waals surface area contributed by atoms with Gasteiger partial charge in [0.05, 0.1) is 5.69 Å². The lowest BCUT2D eigenvalue weighted by atomic mass is 10.2. The van der Waals surface area contributed by atoms with Crippen LogP contribution in [0.5, 0.6) is 0 Å². The van der Waals surface area contributed by atoms with Crippen molar-refractivity contribution in [2.45, 2.75) is 62.4 Å². The Morgan fingerprint density at radius 3 is 2.44 bits per heavy atom. The van der Waals surface area contributed by atoms with E-state index in [1.807, 2.05) is 11.8 Å². The van der Waals surface area contributed by atoms with E-state index in [1.54, 1.807) is 13.2 Å². The van der Waals surface area contributed by atoms with E-state index in [4.69, 9.17) is 4.42 Å². The second kappa shape index (κ2) is 8.72. The summed E-state index contributed by atoms with van der Waals surface area (Å²) in [7, 11) is 0. The second-order valence-electron chi connectivity index (χ2n) is 3.70. The Morgan fingerprint density at radius 1 is 1.39 bits per heavy atom. The maximum absolute atomic E-state index is 11.3. The molecule has 0 unspecified atom stereocenters. The normalized spacial score (nSPS) is 16.8. The molecule has 0 aliphatic carbocycles. The molecule has 1 aromatic rings. The third-order valence-electron chi connectivity index (χ3n) is 2.58. The van der Waals surface area contributed by atoms with Crippen molar-refractivity contribution in [3.63, 3.8) is 0 Å². The van der Waals surface area contributed by atoms with E-state index in [1.165, 1.54) is 0 Å². The third-order valence-corrected chi connectivity index (χ3v) is 2.58. The summed E-state index contributed by atoms with van der Waals surface area (Å²) >= 11 is 0. The molecule has 1 aliphatic rings. The molecule has 1 aliphatic heterocycles. The highest BCUT2D eigenvalue weighted by Crippen LogP contribution is 2.31. The summed E-state index contributed by atoms with van der Waals surface area (Å²) in [5.74, 6) is 0.776.